The minimum absolute atomic E-state index is 0.139. The van der Waals surface area contributed by atoms with E-state index < -0.39 is 0 Å². The summed E-state index contributed by atoms with van der Waals surface area (Å²) >= 11 is 0. The molecule has 1 aromatic rings. The zero-order chi connectivity index (χ0) is 12.9. The first-order valence-electron chi connectivity index (χ1n) is 5.56. The van der Waals surface area contributed by atoms with Crippen molar-refractivity contribution in [1.82, 2.24) is 5.32 Å². The average molecular weight is 239 g/mol. The van der Waals surface area contributed by atoms with Gasteiger partial charge in [0, 0.05) is 13.1 Å². The molecule has 4 N–H and O–H groups in total. The number of phenols is 1. The number of aliphatic hydroxyl groups is 2. The van der Waals surface area contributed by atoms with Crippen molar-refractivity contribution in [2.24, 2.45) is 0 Å². The molecule has 0 fully saturated rings. The molecule has 96 valence electrons. The molecule has 0 spiro atoms. The summed E-state index contributed by atoms with van der Waals surface area (Å²) in [5, 5.41) is 28.3. The van der Waals surface area contributed by atoms with E-state index in [0.717, 1.165) is 12.0 Å². The summed E-state index contributed by atoms with van der Waals surface area (Å²) in [6.07, 6.45) is 2.50. The predicted molar refractivity (Wildman–Crippen MR) is 69.0 cm³/mol. The van der Waals surface area contributed by atoms with E-state index >= 15 is 0 Å². The number of aromatic hydroxyl groups is 1. The smallest absolute Gasteiger partial charge is 0.119 e. The van der Waals surface area contributed by atoms with Crippen molar-refractivity contribution in [2.45, 2.75) is 6.42 Å². The maximum Gasteiger partial charge on any atom is 0.119 e. The number of para-hydroxylation sites is 1. The van der Waals surface area contributed by atoms with Crippen LogP contribution in [-0.4, -0.2) is 41.6 Å². The zero-order valence-electron chi connectivity index (χ0n) is 9.97. The van der Waals surface area contributed by atoms with Gasteiger partial charge in [0.05, 0.1) is 13.2 Å². The van der Waals surface area contributed by atoms with Crippen molar-refractivity contribution < 1.29 is 15.3 Å². The van der Waals surface area contributed by atoms with Gasteiger partial charge in [0.1, 0.15) is 5.75 Å². The number of hydrogen-bond donors (Lipinski definition) is 4. The number of rotatable bonds is 6. The van der Waals surface area contributed by atoms with Gasteiger partial charge >= 0.3 is 0 Å². The summed E-state index contributed by atoms with van der Waals surface area (Å²) in [7, 11) is 0. The Balaban J connectivity index is 0.000000325. The largest absolute Gasteiger partial charge is 0.508 e. The van der Waals surface area contributed by atoms with Crippen molar-refractivity contribution >= 4 is 0 Å². The fourth-order valence-electron chi connectivity index (χ4n) is 1.12. The lowest BCUT2D eigenvalue weighted by Crippen LogP contribution is -2.21. The van der Waals surface area contributed by atoms with Crippen LogP contribution in [0.15, 0.2) is 36.9 Å². The highest BCUT2D eigenvalue weighted by Gasteiger charge is 1.93. The van der Waals surface area contributed by atoms with E-state index in [1.54, 1.807) is 12.1 Å². The monoisotopic (exact) mass is 239 g/mol. The van der Waals surface area contributed by atoms with Crippen LogP contribution in [0.2, 0.25) is 0 Å². The van der Waals surface area contributed by atoms with E-state index in [9.17, 15) is 5.11 Å². The summed E-state index contributed by atoms with van der Waals surface area (Å²) in [6.45, 7) is 5.00. The molecule has 0 aliphatic heterocycles. The maximum absolute atomic E-state index is 9.19. The van der Waals surface area contributed by atoms with Crippen LogP contribution in [0.5, 0.6) is 5.75 Å². The SMILES string of the molecule is C=CCc1ccccc1O.OCCNCCO. The van der Waals surface area contributed by atoms with Crippen LogP contribution < -0.4 is 5.32 Å². The number of allylic oxidation sites excluding steroid dienone is 1. The van der Waals surface area contributed by atoms with Crippen LogP contribution in [0.3, 0.4) is 0 Å². The molecular weight excluding hydrogens is 218 g/mol. The Kier molecular flexibility index (Phi) is 10.2. The fraction of sp³-hybridized carbons (Fsp3) is 0.385. The summed E-state index contributed by atoms with van der Waals surface area (Å²) in [6, 6.07) is 7.27. The third-order valence-corrected chi connectivity index (χ3v) is 1.93. The third kappa shape index (κ3) is 8.45. The number of hydrogen-bond acceptors (Lipinski definition) is 4. The van der Waals surface area contributed by atoms with Crippen LogP contribution in [0, 0.1) is 0 Å². The van der Waals surface area contributed by atoms with Gasteiger partial charge < -0.3 is 20.6 Å². The number of benzene rings is 1. The molecule has 4 heteroatoms. The normalized spacial score (nSPS) is 9.29. The van der Waals surface area contributed by atoms with Gasteiger partial charge in [-0.1, -0.05) is 24.3 Å². The second-order valence-corrected chi connectivity index (χ2v) is 3.32. The Morgan fingerprint density at radius 1 is 1.12 bits per heavy atom. The topological polar surface area (TPSA) is 72.7 Å². The zero-order valence-corrected chi connectivity index (χ0v) is 9.97. The lowest BCUT2D eigenvalue weighted by atomic mass is 10.1. The molecule has 0 atom stereocenters. The molecule has 0 bridgehead atoms. The molecule has 17 heavy (non-hydrogen) atoms. The fourth-order valence-corrected chi connectivity index (χ4v) is 1.12. The highest BCUT2D eigenvalue weighted by Crippen LogP contribution is 2.15. The molecule has 0 unspecified atom stereocenters. The first-order valence-corrected chi connectivity index (χ1v) is 5.56. The van der Waals surface area contributed by atoms with Gasteiger partial charge in [0.2, 0.25) is 0 Å². The van der Waals surface area contributed by atoms with Crippen molar-refractivity contribution in [3.05, 3.63) is 42.5 Å². The standard InChI is InChI=1S/C9H10O.C4H11NO2/c1-2-5-8-6-3-4-7-9(8)10;6-3-1-5-2-4-7/h2-4,6-7,10H,1,5H2;5-7H,1-4H2. The number of nitrogens with one attached hydrogen (secondary N) is 1. The Hall–Kier alpha value is -1.36. The lowest BCUT2D eigenvalue weighted by Gasteiger charge is -1.97. The molecule has 1 aromatic carbocycles. The summed E-state index contributed by atoms with van der Waals surface area (Å²) < 4.78 is 0. The average Bonchev–Trinajstić information content (AvgIpc) is 2.34. The van der Waals surface area contributed by atoms with Gasteiger partial charge in [-0.25, -0.2) is 0 Å². The van der Waals surface area contributed by atoms with Crippen molar-refractivity contribution in [1.29, 1.82) is 0 Å². The third-order valence-electron chi connectivity index (χ3n) is 1.93. The van der Waals surface area contributed by atoms with Crippen LogP contribution in [0.4, 0.5) is 0 Å². The quantitative estimate of drug-likeness (QED) is 0.435. The van der Waals surface area contributed by atoms with Crippen molar-refractivity contribution in [3.63, 3.8) is 0 Å². The highest BCUT2D eigenvalue weighted by atomic mass is 16.3. The van der Waals surface area contributed by atoms with Gasteiger partial charge in [0.15, 0.2) is 0 Å². The summed E-state index contributed by atoms with van der Waals surface area (Å²) in [5.41, 5.74) is 0.928. The molecule has 0 amide bonds. The molecule has 0 aromatic heterocycles. The molecule has 0 saturated carbocycles. The molecule has 4 nitrogen and oxygen atoms in total. The van der Waals surface area contributed by atoms with E-state index in [0.29, 0.717) is 18.8 Å². The van der Waals surface area contributed by atoms with Crippen LogP contribution >= 0.6 is 0 Å². The van der Waals surface area contributed by atoms with Gasteiger partial charge in [0.25, 0.3) is 0 Å². The Bertz CT molecular complexity index is 298. The molecule has 0 saturated heterocycles. The number of phenolic OH excluding ortho intramolecular Hbond substituents is 1. The maximum atomic E-state index is 9.19. The van der Waals surface area contributed by atoms with E-state index in [2.05, 4.69) is 11.9 Å². The van der Waals surface area contributed by atoms with Crippen molar-refractivity contribution in [2.75, 3.05) is 26.3 Å². The lowest BCUT2D eigenvalue weighted by molar-refractivity contribution is 0.266. The van der Waals surface area contributed by atoms with Crippen LogP contribution in [0.25, 0.3) is 0 Å². The van der Waals surface area contributed by atoms with E-state index in [1.165, 1.54) is 0 Å². The molecule has 0 aliphatic rings. The second-order valence-electron chi connectivity index (χ2n) is 3.32. The van der Waals surface area contributed by atoms with Gasteiger partial charge in [-0.3, -0.25) is 0 Å². The van der Waals surface area contributed by atoms with Gasteiger partial charge in [-0.2, -0.15) is 0 Å². The second kappa shape index (κ2) is 11.1. The predicted octanol–water partition coefficient (Wildman–Crippen LogP) is 0.681. The number of aliphatic hydroxyl groups excluding tert-OH is 2. The Morgan fingerprint density at radius 3 is 2.18 bits per heavy atom. The van der Waals surface area contributed by atoms with E-state index in [4.69, 9.17) is 10.2 Å². The highest BCUT2D eigenvalue weighted by molar-refractivity contribution is 5.32. The van der Waals surface area contributed by atoms with Crippen LogP contribution in [0.1, 0.15) is 5.56 Å². The summed E-state index contributed by atoms with van der Waals surface area (Å²) in [4.78, 5) is 0. The Morgan fingerprint density at radius 2 is 1.71 bits per heavy atom. The van der Waals surface area contributed by atoms with Gasteiger partial charge in [-0.05, 0) is 18.1 Å². The first kappa shape index (κ1) is 15.6. The Labute approximate surface area is 102 Å². The van der Waals surface area contributed by atoms with E-state index in [1.807, 2.05) is 18.2 Å². The molecule has 0 radical (unpaired) electrons. The molecule has 0 heterocycles. The van der Waals surface area contributed by atoms with Gasteiger partial charge in [-0.15, -0.1) is 6.58 Å². The molecular formula is C13H21NO3. The minimum atomic E-state index is 0.139. The molecule has 0 aliphatic carbocycles. The molecule has 1 rings (SSSR count). The first-order chi connectivity index (χ1) is 8.26. The minimum Gasteiger partial charge on any atom is -0.508 e. The van der Waals surface area contributed by atoms with E-state index in [-0.39, 0.29) is 13.2 Å². The van der Waals surface area contributed by atoms with Crippen molar-refractivity contribution in [3.8, 4) is 5.75 Å². The van der Waals surface area contributed by atoms with Crippen LogP contribution in [-0.2, 0) is 6.42 Å². The summed E-state index contributed by atoms with van der Waals surface area (Å²) in [5.74, 6) is 0.349.